The Bertz CT molecular complexity index is 413. The number of hydrogen-bond donors (Lipinski definition) is 1. The molecule has 0 aromatic carbocycles. The first-order valence-corrected chi connectivity index (χ1v) is 7.56. The maximum absolute atomic E-state index is 11.9. The van der Waals surface area contributed by atoms with Crippen LogP contribution in [0.1, 0.15) is 30.1 Å². The van der Waals surface area contributed by atoms with Crippen LogP contribution < -0.4 is 5.32 Å². The van der Waals surface area contributed by atoms with Crippen LogP contribution in [0.15, 0.2) is 22.9 Å². The van der Waals surface area contributed by atoms with E-state index in [9.17, 15) is 4.79 Å². The van der Waals surface area contributed by atoms with E-state index in [1.54, 1.807) is 18.3 Å². The highest BCUT2D eigenvalue weighted by molar-refractivity contribution is 9.10. The number of carbonyl (C=O) groups is 1. The summed E-state index contributed by atoms with van der Waals surface area (Å²) >= 11 is 3.25. The molecule has 0 saturated carbocycles. The van der Waals surface area contributed by atoms with Gasteiger partial charge in [0.2, 0.25) is 0 Å². The Balaban J connectivity index is 1.70. The molecule has 0 atom stereocenters. The summed E-state index contributed by atoms with van der Waals surface area (Å²) in [6, 6.07) is 3.55. The lowest BCUT2D eigenvalue weighted by Crippen LogP contribution is -2.39. The number of aromatic nitrogens is 1. The highest BCUT2D eigenvalue weighted by Crippen LogP contribution is 2.15. The molecule has 19 heavy (non-hydrogen) atoms. The molecule has 0 radical (unpaired) electrons. The van der Waals surface area contributed by atoms with E-state index < -0.39 is 0 Å². The predicted octanol–water partition coefficient (Wildman–Crippen LogP) is 2.31. The van der Waals surface area contributed by atoms with E-state index in [0.29, 0.717) is 12.1 Å². The summed E-state index contributed by atoms with van der Waals surface area (Å²) in [4.78, 5) is 18.3. The average Bonchev–Trinajstić information content (AvgIpc) is 2.41. The molecule has 1 aliphatic heterocycles. The number of amides is 1. The summed E-state index contributed by atoms with van der Waals surface area (Å²) in [6.07, 6.45) is 4.12. The SMILES string of the molecule is CC1CCN(CCNC(=O)c2ccc(Br)nc2)CC1. The largest absolute Gasteiger partial charge is 0.351 e. The van der Waals surface area contributed by atoms with Crippen molar-refractivity contribution >= 4 is 21.8 Å². The number of piperidine rings is 1. The van der Waals surface area contributed by atoms with E-state index in [1.165, 1.54) is 12.8 Å². The van der Waals surface area contributed by atoms with Crippen LogP contribution >= 0.6 is 15.9 Å². The van der Waals surface area contributed by atoms with Gasteiger partial charge in [-0.25, -0.2) is 4.98 Å². The van der Waals surface area contributed by atoms with Gasteiger partial charge >= 0.3 is 0 Å². The zero-order valence-electron chi connectivity index (χ0n) is 11.2. The Labute approximate surface area is 122 Å². The van der Waals surface area contributed by atoms with E-state index in [-0.39, 0.29) is 5.91 Å². The normalized spacial score (nSPS) is 17.4. The number of carbonyl (C=O) groups excluding carboxylic acids is 1. The second-order valence-corrected chi connectivity index (χ2v) is 5.96. The Morgan fingerprint density at radius 1 is 1.47 bits per heavy atom. The number of rotatable bonds is 4. The summed E-state index contributed by atoms with van der Waals surface area (Å²) in [5.74, 6) is 0.796. The molecule has 1 aliphatic rings. The van der Waals surface area contributed by atoms with Gasteiger partial charge in [0.1, 0.15) is 4.60 Å². The van der Waals surface area contributed by atoms with Crippen molar-refractivity contribution in [3.8, 4) is 0 Å². The van der Waals surface area contributed by atoms with E-state index >= 15 is 0 Å². The minimum atomic E-state index is -0.0506. The van der Waals surface area contributed by atoms with Gasteiger partial charge < -0.3 is 10.2 Å². The Hall–Kier alpha value is -0.940. The van der Waals surface area contributed by atoms with Crippen molar-refractivity contribution < 1.29 is 4.79 Å². The van der Waals surface area contributed by atoms with Crippen LogP contribution in [0.4, 0.5) is 0 Å². The highest BCUT2D eigenvalue weighted by Gasteiger charge is 2.15. The number of pyridine rings is 1. The number of hydrogen-bond acceptors (Lipinski definition) is 3. The fraction of sp³-hybridized carbons (Fsp3) is 0.571. The van der Waals surface area contributed by atoms with Crippen molar-refractivity contribution in [2.45, 2.75) is 19.8 Å². The molecule has 1 fully saturated rings. The van der Waals surface area contributed by atoms with E-state index in [4.69, 9.17) is 0 Å². The lowest BCUT2D eigenvalue weighted by molar-refractivity contribution is 0.0944. The molecule has 0 spiro atoms. The average molecular weight is 326 g/mol. The summed E-state index contributed by atoms with van der Waals surface area (Å²) in [7, 11) is 0. The molecule has 2 heterocycles. The molecule has 104 valence electrons. The topological polar surface area (TPSA) is 45.2 Å². The van der Waals surface area contributed by atoms with Gasteiger partial charge in [-0.15, -0.1) is 0 Å². The second-order valence-electron chi connectivity index (χ2n) is 5.15. The van der Waals surface area contributed by atoms with Crippen molar-refractivity contribution in [3.05, 3.63) is 28.5 Å². The minimum Gasteiger partial charge on any atom is -0.351 e. The Morgan fingerprint density at radius 3 is 2.84 bits per heavy atom. The van der Waals surface area contributed by atoms with Crippen LogP contribution in [0.2, 0.25) is 0 Å². The van der Waals surface area contributed by atoms with Crippen LogP contribution in [0.3, 0.4) is 0 Å². The lowest BCUT2D eigenvalue weighted by Gasteiger charge is -2.30. The first kappa shape index (κ1) is 14.5. The van der Waals surface area contributed by atoms with Crippen LogP contribution in [-0.4, -0.2) is 42.0 Å². The molecule has 0 bridgehead atoms. The highest BCUT2D eigenvalue weighted by atomic mass is 79.9. The van der Waals surface area contributed by atoms with Crippen molar-refractivity contribution in [2.24, 2.45) is 5.92 Å². The molecule has 1 N–H and O–H groups in total. The number of likely N-dealkylation sites (tertiary alicyclic amines) is 1. The third kappa shape index (κ3) is 4.58. The van der Waals surface area contributed by atoms with Crippen LogP contribution in [0.25, 0.3) is 0 Å². The Kier molecular flexibility index (Phi) is 5.34. The first-order valence-electron chi connectivity index (χ1n) is 6.77. The van der Waals surface area contributed by atoms with Gasteiger partial charge in [0.15, 0.2) is 0 Å². The van der Waals surface area contributed by atoms with Crippen LogP contribution in [-0.2, 0) is 0 Å². The van der Waals surface area contributed by atoms with E-state index in [1.807, 2.05) is 0 Å². The van der Waals surface area contributed by atoms with Crippen molar-refractivity contribution in [1.29, 1.82) is 0 Å². The van der Waals surface area contributed by atoms with Gasteiger partial charge in [0.05, 0.1) is 5.56 Å². The predicted molar refractivity (Wildman–Crippen MR) is 79.1 cm³/mol. The quantitative estimate of drug-likeness (QED) is 0.864. The van der Waals surface area contributed by atoms with E-state index in [2.05, 4.69) is 38.1 Å². The molecule has 1 aromatic heterocycles. The second kappa shape index (κ2) is 7.01. The smallest absolute Gasteiger partial charge is 0.252 e. The molecule has 0 unspecified atom stereocenters. The first-order chi connectivity index (χ1) is 9.15. The molecule has 1 saturated heterocycles. The minimum absolute atomic E-state index is 0.0506. The molecule has 4 nitrogen and oxygen atoms in total. The summed E-state index contributed by atoms with van der Waals surface area (Å²) in [6.45, 7) is 6.24. The molecule has 1 aromatic rings. The van der Waals surface area contributed by atoms with Crippen LogP contribution in [0.5, 0.6) is 0 Å². The number of nitrogens with one attached hydrogen (secondary N) is 1. The van der Waals surface area contributed by atoms with Gasteiger partial charge in [0, 0.05) is 19.3 Å². The molecular weight excluding hydrogens is 306 g/mol. The maximum Gasteiger partial charge on any atom is 0.252 e. The maximum atomic E-state index is 11.9. The van der Waals surface area contributed by atoms with Gasteiger partial charge in [0.25, 0.3) is 5.91 Å². The molecule has 1 amide bonds. The standard InChI is InChI=1S/C14H20BrN3O/c1-11-4-7-18(8-5-11)9-6-16-14(19)12-2-3-13(15)17-10-12/h2-3,10-11H,4-9H2,1H3,(H,16,19). The Morgan fingerprint density at radius 2 is 2.21 bits per heavy atom. The van der Waals surface area contributed by atoms with Crippen molar-refractivity contribution in [2.75, 3.05) is 26.2 Å². The van der Waals surface area contributed by atoms with Gasteiger partial charge in [-0.1, -0.05) is 6.92 Å². The molecular formula is C14H20BrN3O. The summed E-state index contributed by atoms with van der Waals surface area (Å²) < 4.78 is 0.742. The fourth-order valence-electron chi connectivity index (χ4n) is 2.23. The van der Waals surface area contributed by atoms with Crippen molar-refractivity contribution in [3.63, 3.8) is 0 Å². The van der Waals surface area contributed by atoms with Crippen molar-refractivity contribution in [1.82, 2.24) is 15.2 Å². The van der Waals surface area contributed by atoms with Gasteiger partial charge in [-0.05, 0) is 59.9 Å². The van der Waals surface area contributed by atoms with Gasteiger partial charge in [-0.3, -0.25) is 4.79 Å². The van der Waals surface area contributed by atoms with Gasteiger partial charge in [-0.2, -0.15) is 0 Å². The molecule has 5 heteroatoms. The number of halogens is 1. The van der Waals surface area contributed by atoms with E-state index in [0.717, 1.165) is 30.2 Å². The zero-order valence-corrected chi connectivity index (χ0v) is 12.8. The summed E-state index contributed by atoms with van der Waals surface area (Å²) in [5, 5.41) is 2.94. The summed E-state index contributed by atoms with van der Waals surface area (Å²) in [5.41, 5.74) is 0.607. The lowest BCUT2D eigenvalue weighted by atomic mass is 9.99. The zero-order chi connectivity index (χ0) is 13.7. The third-order valence-electron chi connectivity index (χ3n) is 3.58. The monoisotopic (exact) mass is 325 g/mol. The number of nitrogens with zero attached hydrogens (tertiary/aromatic N) is 2. The van der Waals surface area contributed by atoms with Crippen LogP contribution in [0, 0.1) is 5.92 Å². The molecule has 2 rings (SSSR count). The fourth-order valence-corrected chi connectivity index (χ4v) is 2.46. The third-order valence-corrected chi connectivity index (χ3v) is 4.05. The molecule has 0 aliphatic carbocycles.